The lowest BCUT2D eigenvalue weighted by molar-refractivity contribution is -0.141. The Morgan fingerprint density at radius 1 is 1.15 bits per heavy atom. The lowest BCUT2D eigenvalue weighted by atomic mass is 10.3. The predicted octanol–water partition coefficient (Wildman–Crippen LogP) is 1.12. The zero-order valence-electron chi connectivity index (χ0n) is 11.9. The Bertz CT molecular complexity index is 374. The highest BCUT2D eigenvalue weighted by Gasteiger charge is 2.02. The topological polar surface area (TPSA) is 81.7 Å². The number of rotatable bonds is 9. The van der Waals surface area contributed by atoms with Crippen molar-refractivity contribution in [1.82, 2.24) is 5.32 Å². The predicted molar refractivity (Wildman–Crippen MR) is 73.8 cm³/mol. The van der Waals surface area contributed by atoms with Crippen molar-refractivity contribution in [3.63, 3.8) is 0 Å². The number of amides is 1. The van der Waals surface area contributed by atoms with Crippen molar-refractivity contribution in [3.05, 3.63) is 24.8 Å². The van der Waals surface area contributed by atoms with E-state index in [9.17, 15) is 14.4 Å². The summed E-state index contributed by atoms with van der Waals surface area (Å²) in [6.07, 6.45) is 4.40. The number of esters is 2. The fraction of sp³-hybridized carbons (Fsp3) is 0.500. The number of unbranched alkanes of at least 4 members (excludes halogenated alkanes) is 1. The van der Waals surface area contributed by atoms with Gasteiger partial charge >= 0.3 is 11.9 Å². The van der Waals surface area contributed by atoms with Gasteiger partial charge in [-0.15, -0.1) is 0 Å². The van der Waals surface area contributed by atoms with Crippen LogP contribution in [0.1, 0.15) is 26.7 Å². The van der Waals surface area contributed by atoms with Crippen LogP contribution in [0, 0.1) is 0 Å². The molecule has 0 aromatic heterocycles. The first-order valence-corrected chi connectivity index (χ1v) is 6.41. The first-order valence-electron chi connectivity index (χ1n) is 6.41. The first kappa shape index (κ1) is 17.9. The molecule has 0 rings (SSSR count). The van der Waals surface area contributed by atoms with E-state index in [2.05, 4.69) is 11.9 Å². The summed E-state index contributed by atoms with van der Waals surface area (Å²) in [4.78, 5) is 33.2. The van der Waals surface area contributed by atoms with Gasteiger partial charge in [-0.25, -0.2) is 9.59 Å². The molecule has 0 heterocycles. The molecular formula is C14H21NO5. The second-order valence-corrected chi connectivity index (χ2v) is 4.19. The minimum Gasteiger partial charge on any atom is -0.463 e. The average molecular weight is 283 g/mol. The van der Waals surface area contributed by atoms with Crippen LogP contribution in [-0.4, -0.2) is 37.1 Å². The maximum absolute atomic E-state index is 11.3. The molecular weight excluding hydrogens is 262 g/mol. The van der Waals surface area contributed by atoms with Crippen LogP contribution in [0.25, 0.3) is 0 Å². The summed E-state index contributed by atoms with van der Waals surface area (Å²) in [6, 6.07) is 0. The van der Waals surface area contributed by atoms with E-state index in [1.165, 1.54) is 0 Å². The normalized spacial score (nSPS) is 10.3. The van der Waals surface area contributed by atoms with Gasteiger partial charge in [-0.1, -0.05) is 6.58 Å². The van der Waals surface area contributed by atoms with Crippen molar-refractivity contribution in [1.29, 1.82) is 0 Å². The van der Waals surface area contributed by atoms with Crippen LogP contribution >= 0.6 is 0 Å². The lowest BCUT2D eigenvalue weighted by Gasteiger charge is -2.04. The van der Waals surface area contributed by atoms with Gasteiger partial charge < -0.3 is 14.8 Å². The van der Waals surface area contributed by atoms with Crippen LogP contribution in [0.2, 0.25) is 0 Å². The molecule has 0 unspecified atom stereocenters. The molecule has 6 heteroatoms. The van der Waals surface area contributed by atoms with Crippen molar-refractivity contribution in [2.24, 2.45) is 0 Å². The molecule has 0 aromatic carbocycles. The quantitative estimate of drug-likeness (QED) is 0.389. The van der Waals surface area contributed by atoms with Crippen molar-refractivity contribution in [2.75, 3.05) is 13.2 Å². The zero-order chi connectivity index (χ0) is 15.4. The molecule has 0 bridgehead atoms. The maximum atomic E-state index is 11.3. The van der Waals surface area contributed by atoms with Gasteiger partial charge in [-0.2, -0.15) is 0 Å². The molecule has 0 saturated carbocycles. The highest BCUT2D eigenvalue weighted by molar-refractivity contribution is 5.94. The third-order valence-corrected chi connectivity index (χ3v) is 2.00. The summed E-state index contributed by atoms with van der Waals surface area (Å²) in [5.74, 6) is -1.37. The zero-order valence-corrected chi connectivity index (χ0v) is 11.9. The van der Waals surface area contributed by atoms with E-state index in [1.807, 2.05) is 0 Å². The highest BCUT2D eigenvalue weighted by Crippen LogP contribution is 1.92. The van der Waals surface area contributed by atoms with E-state index < -0.39 is 11.9 Å². The van der Waals surface area contributed by atoms with Gasteiger partial charge in [0, 0.05) is 24.8 Å². The molecule has 1 N–H and O–H groups in total. The third kappa shape index (κ3) is 11.0. The highest BCUT2D eigenvalue weighted by atomic mass is 16.5. The molecule has 0 radical (unpaired) electrons. The Hall–Kier alpha value is -2.11. The summed E-state index contributed by atoms with van der Waals surface area (Å²) < 4.78 is 9.60. The molecule has 0 fully saturated rings. The second kappa shape index (κ2) is 10.8. The van der Waals surface area contributed by atoms with Crippen molar-refractivity contribution < 1.29 is 23.9 Å². The van der Waals surface area contributed by atoms with Crippen LogP contribution in [0.5, 0.6) is 0 Å². The molecule has 0 atom stereocenters. The molecule has 20 heavy (non-hydrogen) atoms. The van der Waals surface area contributed by atoms with Crippen LogP contribution in [0.15, 0.2) is 24.8 Å². The van der Waals surface area contributed by atoms with E-state index in [4.69, 9.17) is 9.47 Å². The van der Waals surface area contributed by atoms with Crippen molar-refractivity contribution >= 4 is 17.8 Å². The third-order valence-electron chi connectivity index (χ3n) is 2.00. The number of carbonyl (C=O) groups excluding carboxylic acids is 3. The molecule has 6 nitrogen and oxygen atoms in total. The molecule has 0 saturated heterocycles. The van der Waals surface area contributed by atoms with Crippen LogP contribution in [-0.2, 0) is 23.9 Å². The summed E-state index contributed by atoms with van der Waals surface area (Å²) in [5, 5.41) is 2.60. The number of ether oxygens (including phenoxy) is 2. The Labute approximate surface area is 118 Å². The van der Waals surface area contributed by atoms with Crippen molar-refractivity contribution in [2.45, 2.75) is 32.8 Å². The summed E-state index contributed by atoms with van der Waals surface area (Å²) >= 11 is 0. The standard InChI is InChI=1S/C14H21NO5/c1-4-13(17)19-10-6-5-9-15-12(16)7-8-14(18)20-11(2)3/h4,7-8,11H,1,5-6,9-10H2,2-3H3,(H,15,16)/b8-7+. The molecule has 0 aliphatic carbocycles. The lowest BCUT2D eigenvalue weighted by Crippen LogP contribution is -2.23. The Morgan fingerprint density at radius 2 is 1.85 bits per heavy atom. The second-order valence-electron chi connectivity index (χ2n) is 4.19. The van der Waals surface area contributed by atoms with E-state index in [0.717, 1.165) is 18.2 Å². The fourth-order valence-corrected chi connectivity index (χ4v) is 1.14. The fourth-order valence-electron chi connectivity index (χ4n) is 1.14. The van der Waals surface area contributed by atoms with E-state index >= 15 is 0 Å². The molecule has 112 valence electrons. The minimum atomic E-state index is -0.550. The average Bonchev–Trinajstić information content (AvgIpc) is 2.39. The van der Waals surface area contributed by atoms with Gasteiger partial charge in [0.2, 0.25) is 5.91 Å². The van der Waals surface area contributed by atoms with Gasteiger partial charge in [0.1, 0.15) is 0 Å². The van der Waals surface area contributed by atoms with Gasteiger partial charge in [0.15, 0.2) is 0 Å². The van der Waals surface area contributed by atoms with Gasteiger partial charge in [0.05, 0.1) is 12.7 Å². The Balaban J connectivity index is 3.63. The van der Waals surface area contributed by atoms with Gasteiger partial charge in [-0.05, 0) is 26.7 Å². The summed E-state index contributed by atoms with van der Waals surface area (Å²) in [7, 11) is 0. The van der Waals surface area contributed by atoms with E-state index in [0.29, 0.717) is 19.4 Å². The van der Waals surface area contributed by atoms with Crippen molar-refractivity contribution in [3.8, 4) is 0 Å². The largest absolute Gasteiger partial charge is 0.463 e. The van der Waals surface area contributed by atoms with E-state index in [-0.39, 0.29) is 18.6 Å². The van der Waals surface area contributed by atoms with Crippen LogP contribution in [0.3, 0.4) is 0 Å². The Morgan fingerprint density at radius 3 is 2.45 bits per heavy atom. The monoisotopic (exact) mass is 283 g/mol. The number of hydrogen-bond donors (Lipinski definition) is 1. The van der Waals surface area contributed by atoms with Crippen LogP contribution in [0.4, 0.5) is 0 Å². The smallest absolute Gasteiger partial charge is 0.331 e. The Kier molecular flexibility index (Phi) is 9.64. The van der Waals surface area contributed by atoms with Gasteiger partial charge in [-0.3, -0.25) is 4.79 Å². The summed E-state index contributed by atoms with van der Waals surface area (Å²) in [5.41, 5.74) is 0. The summed E-state index contributed by atoms with van der Waals surface area (Å²) in [6.45, 7) is 7.46. The molecule has 0 aromatic rings. The molecule has 0 aliphatic rings. The molecule has 1 amide bonds. The van der Waals surface area contributed by atoms with Gasteiger partial charge in [0.25, 0.3) is 0 Å². The number of nitrogens with one attached hydrogen (secondary N) is 1. The number of hydrogen-bond acceptors (Lipinski definition) is 5. The SMILES string of the molecule is C=CC(=O)OCCCCNC(=O)/C=C/C(=O)OC(C)C. The van der Waals surface area contributed by atoms with E-state index in [1.54, 1.807) is 13.8 Å². The maximum Gasteiger partial charge on any atom is 0.331 e. The number of carbonyl (C=O) groups is 3. The molecule has 0 aliphatic heterocycles. The first-order chi connectivity index (χ1) is 9.45. The minimum absolute atomic E-state index is 0.214. The molecule has 0 spiro atoms. The van der Waals surface area contributed by atoms with Crippen LogP contribution < -0.4 is 5.32 Å².